The first-order valence-electron chi connectivity index (χ1n) is 7.14. The van der Waals surface area contributed by atoms with Crippen LogP contribution >= 0.6 is 0 Å². The van der Waals surface area contributed by atoms with Crippen molar-refractivity contribution >= 4 is 21.1 Å². The van der Waals surface area contributed by atoms with Gasteiger partial charge < -0.3 is 9.15 Å². The maximum absolute atomic E-state index is 12.9. The van der Waals surface area contributed by atoms with Crippen LogP contribution in [0.4, 0.5) is 0 Å². The Hall–Kier alpha value is -1.64. The van der Waals surface area contributed by atoms with Crippen molar-refractivity contribution in [3.8, 4) is 0 Å². The van der Waals surface area contributed by atoms with Crippen LogP contribution in [0.2, 0.25) is 0 Å². The number of aromatic nitrogens is 1. The number of hydrogen-bond donors (Lipinski definition) is 0. The normalized spacial score (nSPS) is 20.5. The lowest BCUT2D eigenvalue weighted by molar-refractivity contribution is 0.0314. The third kappa shape index (κ3) is 2.37. The molecule has 1 saturated heterocycles. The zero-order chi connectivity index (χ0) is 15.9. The smallest absolute Gasteiger partial charge is 0.408 e. The second-order valence-electron chi connectivity index (χ2n) is 5.31. The monoisotopic (exact) mass is 326 g/mol. The molecule has 22 heavy (non-hydrogen) atoms. The molecule has 1 unspecified atom stereocenters. The number of hydrogen-bond acceptors (Lipinski definition) is 5. The Labute approximate surface area is 128 Å². The fourth-order valence-corrected chi connectivity index (χ4v) is 4.37. The highest BCUT2D eigenvalue weighted by Crippen LogP contribution is 2.24. The molecule has 1 fully saturated rings. The fourth-order valence-electron chi connectivity index (χ4n) is 2.68. The number of sulfonamides is 1. The number of rotatable bonds is 3. The molecular formula is C14H18N2O5S. The van der Waals surface area contributed by atoms with E-state index >= 15 is 0 Å². The summed E-state index contributed by atoms with van der Waals surface area (Å²) in [5.74, 6) is -0.512. The minimum Gasteiger partial charge on any atom is -0.408 e. The second kappa shape index (κ2) is 5.53. The Balaban J connectivity index is 2.08. The topological polar surface area (TPSA) is 81.8 Å². The van der Waals surface area contributed by atoms with Crippen LogP contribution in [0.3, 0.4) is 0 Å². The average Bonchev–Trinajstić information content (AvgIpc) is 2.81. The lowest BCUT2D eigenvalue weighted by atomic mass is 10.2. The molecule has 1 aromatic heterocycles. The van der Waals surface area contributed by atoms with E-state index < -0.39 is 15.8 Å². The van der Waals surface area contributed by atoms with Crippen molar-refractivity contribution in [3.05, 3.63) is 28.7 Å². The minimum absolute atomic E-state index is 0.164. The number of fused-ring (bicyclic) bond motifs is 1. The maximum Gasteiger partial charge on any atom is 0.419 e. The van der Waals surface area contributed by atoms with E-state index in [9.17, 15) is 13.2 Å². The lowest BCUT2D eigenvalue weighted by Crippen LogP contribution is -2.48. The number of morpholine rings is 1. The molecule has 0 radical (unpaired) electrons. The SMILES string of the molecule is CCC1COCCN1S(=O)(=O)c1ccc2oc(=O)n(C)c2c1. The molecule has 1 atom stereocenters. The molecule has 8 heteroatoms. The fraction of sp³-hybridized carbons (Fsp3) is 0.500. The van der Waals surface area contributed by atoms with E-state index in [1.807, 2.05) is 6.92 Å². The van der Waals surface area contributed by atoms with Gasteiger partial charge in [0.15, 0.2) is 5.58 Å². The summed E-state index contributed by atoms with van der Waals surface area (Å²) in [6.45, 7) is 3.07. The molecule has 0 bridgehead atoms. The number of ether oxygens (including phenoxy) is 1. The van der Waals surface area contributed by atoms with Crippen LogP contribution in [0.15, 0.2) is 32.3 Å². The zero-order valence-electron chi connectivity index (χ0n) is 12.5. The van der Waals surface area contributed by atoms with Gasteiger partial charge in [-0.05, 0) is 24.6 Å². The molecule has 1 aliphatic heterocycles. The number of nitrogens with zero attached hydrogens (tertiary/aromatic N) is 2. The Morgan fingerprint density at radius 1 is 1.36 bits per heavy atom. The van der Waals surface area contributed by atoms with Gasteiger partial charge in [0, 0.05) is 19.6 Å². The van der Waals surface area contributed by atoms with E-state index in [4.69, 9.17) is 9.15 Å². The van der Waals surface area contributed by atoms with Gasteiger partial charge in [-0.2, -0.15) is 4.31 Å². The van der Waals surface area contributed by atoms with E-state index in [-0.39, 0.29) is 10.9 Å². The van der Waals surface area contributed by atoms with E-state index in [1.54, 1.807) is 7.05 Å². The van der Waals surface area contributed by atoms with Crippen molar-refractivity contribution in [2.24, 2.45) is 7.05 Å². The Morgan fingerprint density at radius 2 is 2.14 bits per heavy atom. The molecular weight excluding hydrogens is 308 g/mol. The highest BCUT2D eigenvalue weighted by Gasteiger charge is 2.33. The summed E-state index contributed by atoms with van der Waals surface area (Å²) in [5, 5.41) is 0. The lowest BCUT2D eigenvalue weighted by Gasteiger charge is -2.33. The zero-order valence-corrected chi connectivity index (χ0v) is 13.3. The molecule has 2 aromatic rings. The van der Waals surface area contributed by atoms with Crippen LogP contribution in [0.25, 0.3) is 11.1 Å². The van der Waals surface area contributed by atoms with Gasteiger partial charge in [-0.15, -0.1) is 0 Å². The van der Waals surface area contributed by atoms with Gasteiger partial charge >= 0.3 is 5.76 Å². The van der Waals surface area contributed by atoms with Crippen LogP contribution in [-0.2, 0) is 21.8 Å². The quantitative estimate of drug-likeness (QED) is 0.838. The number of aryl methyl sites for hydroxylation is 1. The Kier molecular flexibility index (Phi) is 3.84. The minimum atomic E-state index is -3.63. The van der Waals surface area contributed by atoms with Crippen LogP contribution in [0.1, 0.15) is 13.3 Å². The van der Waals surface area contributed by atoms with Gasteiger partial charge in [0.2, 0.25) is 10.0 Å². The Morgan fingerprint density at radius 3 is 2.86 bits per heavy atom. The maximum atomic E-state index is 12.9. The van der Waals surface area contributed by atoms with Gasteiger partial charge in [-0.3, -0.25) is 4.57 Å². The third-order valence-electron chi connectivity index (χ3n) is 4.01. The first-order chi connectivity index (χ1) is 10.4. The molecule has 120 valence electrons. The van der Waals surface area contributed by atoms with Crippen LogP contribution in [0.5, 0.6) is 0 Å². The van der Waals surface area contributed by atoms with E-state index in [0.29, 0.717) is 37.3 Å². The molecule has 1 aliphatic rings. The van der Waals surface area contributed by atoms with E-state index in [0.717, 1.165) is 0 Å². The van der Waals surface area contributed by atoms with Crippen molar-refractivity contribution in [1.82, 2.24) is 8.87 Å². The number of benzene rings is 1. The second-order valence-corrected chi connectivity index (χ2v) is 7.20. The molecule has 0 saturated carbocycles. The Bertz CT molecular complexity index is 852. The molecule has 1 aromatic carbocycles. The summed E-state index contributed by atoms with van der Waals surface area (Å²) in [4.78, 5) is 11.7. The standard InChI is InChI=1S/C14H18N2O5S/c1-3-10-9-20-7-6-16(10)22(18,19)11-4-5-13-12(8-11)15(2)14(17)21-13/h4-5,8,10H,3,6-7,9H2,1-2H3. The highest BCUT2D eigenvalue weighted by molar-refractivity contribution is 7.89. The first kappa shape index (κ1) is 15.3. The van der Waals surface area contributed by atoms with Gasteiger partial charge in [-0.25, -0.2) is 13.2 Å². The van der Waals surface area contributed by atoms with Gasteiger partial charge in [0.05, 0.1) is 23.6 Å². The first-order valence-corrected chi connectivity index (χ1v) is 8.58. The third-order valence-corrected chi connectivity index (χ3v) is 5.96. The van der Waals surface area contributed by atoms with Gasteiger partial charge in [0.25, 0.3) is 0 Å². The van der Waals surface area contributed by atoms with Gasteiger partial charge in [-0.1, -0.05) is 6.92 Å². The molecule has 0 aliphatic carbocycles. The summed E-state index contributed by atoms with van der Waals surface area (Å²) >= 11 is 0. The van der Waals surface area contributed by atoms with E-state index in [1.165, 1.54) is 27.1 Å². The van der Waals surface area contributed by atoms with Crippen LogP contribution in [-0.4, -0.2) is 43.1 Å². The number of oxazole rings is 1. The van der Waals surface area contributed by atoms with Crippen molar-refractivity contribution < 1.29 is 17.6 Å². The largest absolute Gasteiger partial charge is 0.419 e. The van der Waals surface area contributed by atoms with Crippen molar-refractivity contribution in [1.29, 1.82) is 0 Å². The van der Waals surface area contributed by atoms with Crippen LogP contribution < -0.4 is 5.76 Å². The summed E-state index contributed by atoms with van der Waals surface area (Å²) in [6.07, 6.45) is 0.686. The van der Waals surface area contributed by atoms with Crippen molar-refractivity contribution in [2.45, 2.75) is 24.3 Å². The summed E-state index contributed by atoms with van der Waals surface area (Å²) in [6, 6.07) is 4.31. The molecule has 0 N–H and O–H groups in total. The molecule has 7 nitrogen and oxygen atoms in total. The summed E-state index contributed by atoms with van der Waals surface area (Å²) in [5.41, 5.74) is 0.841. The molecule has 0 amide bonds. The summed E-state index contributed by atoms with van der Waals surface area (Å²) in [7, 11) is -2.08. The molecule has 0 spiro atoms. The van der Waals surface area contributed by atoms with Gasteiger partial charge in [0.1, 0.15) is 0 Å². The van der Waals surface area contributed by atoms with Crippen molar-refractivity contribution in [2.75, 3.05) is 19.8 Å². The predicted octanol–water partition coefficient (Wildman–Crippen LogP) is 0.931. The highest BCUT2D eigenvalue weighted by atomic mass is 32.2. The van der Waals surface area contributed by atoms with Crippen molar-refractivity contribution in [3.63, 3.8) is 0 Å². The average molecular weight is 326 g/mol. The molecule has 2 heterocycles. The molecule has 3 rings (SSSR count). The predicted molar refractivity (Wildman–Crippen MR) is 80.2 cm³/mol. The van der Waals surface area contributed by atoms with Crippen LogP contribution in [0, 0.1) is 0 Å². The summed E-state index contributed by atoms with van der Waals surface area (Å²) < 4.78 is 38.9. The van der Waals surface area contributed by atoms with E-state index in [2.05, 4.69) is 0 Å².